The quantitative estimate of drug-likeness (QED) is 0.909. The van der Waals surface area contributed by atoms with Crippen molar-refractivity contribution in [1.82, 2.24) is 9.78 Å². The first-order valence-electron chi connectivity index (χ1n) is 6.96. The van der Waals surface area contributed by atoms with Crippen LogP contribution in [0, 0.1) is 18.3 Å². The third kappa shape index (κ3) is 2.16. The molecule has 0 spiro atoms. The van der Waals surface area contributed by atoms with Gasteiger partial charge in [0.2, 0.25) is 0 Å². The van der Waals surface area contributed by atoms with Crippen LogP contribution in [0.5, 0.6) is 0 Å². The minimum Gasteiger partial charge on any atom is -0.366 e. The van der Waals surface area contributed by atoms with E-state index in [1.54, 1.807) is 4.68 Å². The van der Waals surface area contributed by atoms with Gasteiger partial charge in [0.1, 0.15) is 17.5 Å². The third-order valence-electron chi connectivity index (χ3n) is 4.02. The van der Waals surface area contributed by atoms with Gasteiger partial charge < -0.3 is 5.32 Å². The molecule has 4 nitrogen and oxygen atoms in total. The lowest BCUT2D eigenvalue weighted by atomic mass is 9.88. The van der Waals surface area contributed by atoms with Crippen molar-refractivity contribution >= 4 is 5.82 Å². The molecule has 1 N–H and O–H groups in total. The number of anilines is 1. The van der Waals surface area contributed by atoms with Gasteiger partial charge in [-0.05, 0) is 37.3 Å². The highest BCUT2D eigenvalue weighted by Crippen LogP contribution is 2.25. The second-order valence-electron chi connectivity index (χ2n) is 5.40. The highest BCUT2D eigenvalue weighted by Gasteiger charge is 2.21. The van der Waals surface area contributed by atoms with Gasteiger partial charge in [-0.25, -0.2) is 0 Å². The van der Waals surface area contributed by atoms with E-state index in [2.05, 4.69) is 40.8 Å². The molecule has 0 amide bonds. The number of rotatable bonds is 2. The second kappa shape index (κ2) is 5.01. The zero-order chi connectivity index (χ0) is 14.1. The van der Waals surface area contributed by atoms with E-state index in [0.29, 0.717) is 11.6 Å². The van der Waals surface area contributed by atoms with E-state index >= 15 is 0 Å². The summed E-state index contributed by atoms with van der Waals surface area (Å²) in [6, 6.07) is 11.2. The molecule has 2 aromatic rings. The summed E-state index contributed by atoms with van der Waals surface area (Å²) in [4.78, 5) is 0. The summed E-state index contributed by atoms with van der Waals surface area (Å²) in [5.74, 6) is 0.842. The molecule has 102 valence electrons. The van der Waals surface area contributed by atoms with Gasteiger partial charge in [0.05, 0.1) is 5.69 Å². The summed E-state index contributed by atoms with van der Waals surface area (Å²) in [5.41, 5.74) is 4.31. The van der Waals surface area contributed by atoms with Crippen LogP contribution in [0.15, 0.2) is 24.3 Å². The first kappa shape index (κ1) is 12.7. The zero-order valence-corrected chi connectivity index (χ0v) is 11.8. The van der Waals surface area contributed by atoms with Crippen LogP contribution in [0.2, 0.25) is 0 Å². The molecule has 0 aliphatic heterocycles. The predicted octanol–water partition coefficient (Wildman–Crippen LogP) is 2.57. The molecule has 1 aliphatic rings. The molecule has 0 fully saturated rings. The van der Waals surface area contributed by atoms with Gasteiger partial charge in [-0.2, -0.15) is 10.4 Å². The Morgan fingerprint density at radius 2 is 2.10 bits per heavy atom. The Hall–Kier alpha value is -2.28. The van der Waals surface area contributed by atoms with Crippen LogP contribution in [0.1, 0.15) is 28.8 Å². The van der Waals surface area contributed by atoms with Gasteiger partial charge in [0, 0.05) is 13.1 Å². The van der Waals surface area contributed by atoms with Crippen LogP contribution < -0.4 is 5.32 Å². The molecule has 1 aromatic carbocycles. The van der Waals surface area contributed by atoms with Crippen molar-refractivity contribution in [2.75, 3.05) is 5.32 Å². The molecule has 1 unspecified atom stereocenters. The van der Waals surface area contributed by atoms with Gasteiger partial charge in [0.15, 0.2) is 0 Å². The fourth-order valence-corrected chi connectivity index (χ4v) is 2.97. The fourth-order valence-electron chi connectivity index (χ4n) is 2.97. The zero-order valence-electron chi connectivity index (χ0n) is 11.8. The maximum atomic E-state index is 9.26. The first-order valence-corrected chi connectivity index (χ1v) is 6.96. The van der Waals surface area contributed by atoms with E-state index in [1.807, 2.05) is 14.0 Å². The molecule has 4 heteroatoms. The van der Waals surface area contributed by atoms with Crippen LogP contribution in [0.4, 0.5) is 5.82 Å². The van der Waals surface area contributed by atoms with E-state index in [9.17, 15) is 5.26 Å². The number of nitrogens with zero attached hydrogens (tertiary/aromatic N) is 3. The number of nitriles is 1. The minimum absolute atomic E-state index is 0.367. The number of nitrogens with one attached hydrogen (secondary N) is 1. The Morgan fingerprint density at radius 3 is 2.85 bits per heavy atom. The summed E-state index contributed by atoms with van der Waals surface area (Å²) < 4.78 is 1.77. The maximum Gasteiger partial charge on any atom is 0.142 e. The number of aryl methyl sites for hydroxylation is 3. The van der Waals surface area contributed by atoms with Crippen molar-refractivity contribution in [1.29, 1.82) is 5.26 Å². The number of fused-ring (bicyclic) bond motifs is 1. The van der Waals surface area contributed by atoms with Gasteiger partial charge in [0.25, 0.3) is 0 Å². The van der Waals surface area contributed by atoms with Gasteiger partial charge in [-0.1, -0.05) is 24.3 Å². The molecule has 20 heavy (non-hydrogen) atoms. The van der Waals surface area contributed by atoms with Crippen molar-refractivity contribution in [2.24, 2.45) is 7.05 Å². The van der Waals surface area contributed by atoms with E-state index in [0.717, 1.165) is 30.8 Å². The normalized spacial score (nSPS) is 17.4. The standard InChI is InChI=1S/C16H18N4/c1-11-15(10-17)16(20(2)19-11)18-14-8-7-12-5-3-4-6-13(12)9-14/h3-6,14,18H,7-9H2,1-2H3. The fraction of sp³-hybridized carbons (Fsp3) is 0.375. The maximum absolute atomic E-state index is 9.26. The lowest BCUT2D eigenvalue weighted by Crippen LogP contribution is -2.28. The Labute approximate surface area is 119 Å². The van der Waals surface area contributed by atoms with Crippen LogP contribution >= 0.6 is 0 Å². The number of aromatic nitrogens is 2. The monoisotopic (exact) mass is 266 g/mol. The lowest BCUT2D eigenvalue weighted by Gasteiger charge is -2.26. The summed E-state index contributed by atoms with van der Waals surface area (Å²) in [6.07, 6.45) is 3.18. The molecule has 1 aromatic heterocycles. The molecule has 0 saturated carbocycles. The first-order chi connectivity index (χ1) is 9.69. The summed E-state index contributed by atoms with van der Waals surface area (Å²) in [6.45, 7) is 1.87. The Bertz CT molecular complexity index is 678. The van der Waals surface area contributed by atoms with Crippen molar-refractivity contribution in [3.8, 4) is 6.07 Å². The van der Waals surface area contributed by atoms with Crippen LogP contribution in [-0.2, 0) is 19.9 Å². The average molecular weight is 266 g/mol. The van der Waals surface area contributed by atoms with Gasteiger partial charge >= 0.3 is 0 Å². The molecular formula is C16H18N4. The van der Waals surface area contributed by atoms with Gasteiger partial charge in [-0.15, -0.1) is 0 Å². The molecule has 0 saturated heterocycles. The van der Waals surface area contributed by atoms with E-state index in [1.165, 1.54) is 11.1 Å². The topological polar surface area (TPSA) is 53.6 Å². The smallest absolute Gasteiger partial charge is 0.142 e. The number of hydrogen-bond acceptors (Lipinski definition) is 3. The summed E-state index contributed by atoms with van der Waals surface area (Å²) in [5, 5.41) is 17.1. The van der Waals surface area contributed by atoms with E-state index < -0.39 is 0 Å². The molecule has 0 radical (unpaired) electrons. The number of hydrogen-bond donors (Lipinski definition) is 1. The highest BCUT2D eigenvalue weighted by molar-refractivity contribution is 5.55. The van der Waals surface area contributed by atoms with Crippen molar-refractivity contribution in [3.05, 3.63) is 46.6 Å². The SMILES string of the molecule is Cc1nn(C)c(NC2CCc3ccccc3C2)c1C#N. The lowest BCUT2D eigenvalue weighted by molar-refractivity contribution is 0.601. The minimum atomic E-state index is 0.367. The number of benzene rings is 1. The molecule has 1 atom stereocenters. The summed E-state index contributed by atoms with van der Waals surface area (Å²) in [7, 11) is 1.88. The Balaban J connectivity index is 1.83. The molecule has 1 heterocycles. The van der Waals surface area contributed by atoms with Crippen molar-refractivity contribution in [3.63, 3.8) is 0 Å². The molecule has 3 rings (SSSR count). The molecule has 1 aliphatic carbocycles. The highest BCUT2D eigenvalue weighted by atomic mass is 15.3. The van der Waals surface area contributed by atoms with Crippen molar-refractivity contribution < 1.29 is 0 Å². The van der Waals surface area contributed by atoms with Crippen LogP contribution in [-0.4, -0.2) is 15.8 Å². The Morgan fingerprint density at radius 1 is 1.35 bits per heavy atom. The van der Waals surface area contributed by atoms with Crippen LogP contribution in [0.3, 0.4) is 0 Å². The molecular weight excluding hydrogens is 248 g/mol. The summed E-state index contributed by atoms with van der Waals surface area (Å²) >= 11 is 0. The predicted molar refractivity (Wildman–Crippen MR) is 78.5 cm³/mol. The second-order valence-corrected chi connectivity index (χ2v) is 5.40. The average Bonchev–Trinajstić information content (AvgIpc) is 2.72. The van der Waals surface area contributed by atoms with E-state index in [4.69, 9.17) is 0 Å². The third-order valence-corrected chi connectivity index (χ3v) is 4.02. The molecule has 0 bridgehead atoms. The van der Waals surface area contributed by atoms with Crippen molar-refractivity contribution in [2.45, 2.75) is 32.2 Å². The van der Waals surface area contributed by atoms with E-state index in [-0.39, 0.29) is 0 Å². The van der Waals surface area contributed by atoms with Crippen LogP contribution in [0.25, 0.3) is 0 Å². The Kier molecular flexibility index (Phi) is 3.19. The van der Waals surface area contributed by atoms with Gasteiger partial charge in [-0.3, -0.25) is 4.68 Å². The largest absolute Gasteiger partial charge is 0.366 e.